The van der Waals surface area contributed by atoms with Crippen LogP contribution in [-0.2, 0) is 0 Å². The van der Waals surface area contributed by atoms with Crippen LogP contribution in [0.4, 0.5) is 5.82 Å². The summed E-state index contributed by atoms with van der Waals surface area (Å²) in [7, 11) is 0. The first-order chi connectivity index (χ1) is 15.1. The molecule has 1 fully saturated rings. The highest BCUT2D eigenvalue weighted by Crippen LogP contribution is 2.23. The van der Waals surface area contributed by atoms with Crippen molar-refractivity contribution >= 4 is 34.0 Å². The summed E-state index contributed by atoms with van der Waals surface area (Å²) in [5, 5.41) is 13.7. The topological polar surface area (TPSA) is 105 Å². The van der Waals surface area contributed by atoms with Crippen molar-refractivity contribution < 1.29 is 0 Å². The van der Waals surface area contributed by atoms with Crippen molar-refractivity contribution in [3.63, 3.8) is 0 Å². The molecule has 0 bridgehead atoms. The molecule has 11 heteroatoms. The number of imidazole rings is 1. The fraction of sp³-hybridized carbons (Fsp3) is 0.350. The minimum Gasteiger partial charge on any atom is -0.357 e. The summed E-state index contributed by atoms with van der Waals surface area (Å²) in [6, 6.07) is 5.00. The van der Waals surface area contributed by atoms with Crippen LogP contribution in [0, 0.1) is 0 Å². The van der Waals surface area contributed by atoms with Gasteiger partial charge in [0.1, 0.15) is 6.33 Å². The summed E-state index contributed by atoms with van der Waals surface area (Å²) in [6.45, 7) is 5.08. The van der Waals surface area contributed by atoms with E-state index in [0.717, 1.165) is 26.1 Å². The smallest absolute Gasteiger partial charge is 0.281 e. The average molecular weight is 440 g/mol. The predicted molar refractivity (Wildman–Crippen MR) is 119 cm³/mol. The van der Waals surface area contributed by atoms with E-state index < -0.39 is 0 Å². The number of nitrogens with zero attached hydrogens (tertiary/aromatic N) is 7. The number of hydrogen-bond acceptors (Lipinski definition) is 8. The first kappa shape index (κ1) is 19.7. The normalized spacial score (nSPS) is 15.9. The van der Waals surface area contributed by atoms with Gasteiger partial charge in [-0.2, -0.15) is 5.10 Å². The Morgan fingerprint density at radius 2 is 2.13 bits per heavy atom. The van der Waals surface area contributed by atoms with Gasteiger partial charge in [-0.25, -0.2) is 24.1 Å². The number of halogens is 1. The van der Waals surface area contributed by atoms with Crippen LogP contribution in [0.1, 0.15) is 25.2 Å². The minimum atomic E-state index is -0.331. The molecule has 5 rings (SSSR count). The van der Waals surface area contributed by atoms with E-state index in [-0.39, 0.29) is 11.6 Å². The van der Waals surface area contributed by atoms with Crippen molar-refractivity contribution in [3.05, 3.63) is 58.1 Å². The third kappa shape index (κ3) is 3.57. The van der Waals surface area contributed by atoms with Crippen molar-refractivity contribution in [2.75, 3.05) is 36.5 Å². The number of nitrogens with one attached hydrogen (secondary N) is 2. The van der Waals surface area contributed by atoms with Crippen molar-refractivity contribution in [2.45, 2.75) is 19.4 Å². The molecule has 31 heavy (non-hydrogen) atoms. The van der Waals surface area contributed by atoms with Gasteiger partial charge in [0.05, 0.1) is 22.0 Å². The molecule has 3 aromatic heterocycles. The Morgan fingerprint density at radius 1 is 1.23 bits per heavy atom. The van der Waals surface area contributed by atoms with E-state index >= 15 is 0 Å². The fourth-order valence-electron chi connectivity index (χ4n) is 3.91. The third-order valence-corrected chi connectivity index (χ3v) is 5.70. The quantitative estimate of drug-likeness (QED) is 0.494. The van der Waals surface area contributed by atoms with Gasteiger partial charge in [-0.3, -0.25) is 4.79 Å². The van der Waals surface area contributed by atoms with E-state index in [9.17, 15) is 4.79 Å². The molecule has 2 N–H and O–H groups in total. The monoisotopic (exact) mass is 439 g/mol. The fourth-order valence-corrected chi connectivity index (χ4v) is 4.16. The van der Waals surface area contributed by atoms with E-state index in [1.807, 2.05) is 18.0 Å². The van der Waals surface area contributed by atoms with Gasteiger partial charge in [0.15, 0.2) is 17.3 Å². The number of anilines is 1. The second-order valence-corrected chi connectivity index (χ2v) is 7.86. The number of rotatable bonds is 4. The Balaban J connectivity index is 1.64. The summed E-state index contributed by atoms with van der Waals surface area (Å²) in [5.74, 6) is 1.15. The van der Waals surface area contributed by atoms with Gasteiger partial charge in [0.25, 0.3) is 5.56 Å². The number of aromatic nitrogens is 6. The van der Waals surface area contributed by atoms with Gasteiger partial charge in [-0.05, 0) is 32.0 Å². The zero-order valence-corrected chi connectivity index (χ0v) is 17.7. The molecule has 4 heterocycles. The molecule has 0 aliphatic carbocycles. The molecule has 1 saturated heterocycles. The Labute approximate surface area is 182 Å². The molecule has 0 radical (unpaired) electrons. The number of fused-ring (bicyclic) bond motifs is 2. The van der Waals surface area contributed by atoms with Crippen molar-refractivity contribution in [1.82, 2.24) is 34.6 Å². The highest BCUT2D eigenvalue weighted by Gasteiger charge is 2.23. The average Bonchev–Trinajstić information content (AvgIpc) is 3.09. The Kier molecular flexibility index (Phi) is 5.16. The maximum absolute atomic E-state index is 13.6. The van der Waals surface area contributed by atoms with E-state index in [1.165, 1.54) is 6.33 Å². The zero-order valence-electron chi connectivity index (χ0n) is 17.0. The lowest BCUT2D eigenvalue weighted by Gasteiger charge is -2.29. The summed E-state index contributed by atoms with van der Waals surface area (Å²) in [6.07, 6.45) is 5.80. The van der Waals surface area contributed by atoms with Gasteiger partial charge in [0.2, 0.25) is 0 Å². The molecule has 0 unspecified atom stereocenters. The van der Waals surface area contributed by atoms with E-state index in [4.69, 9.17) is 16.6 Å². The molecule has 4 aromatic rings. The largest absolute Gasteiger partial charge is 0.357 e. The predicted octanol–water partition coefficient (Wildman–Crippen LogP) is 1.59. The van der Waals surface area contributed by atoms with Gasteiger partial charge in [-0.15, -0.1) is 0 Å². The van der Waals surface area contributed by atoms with Crippen LogP contribution in [0.2, 0.25) is 5.02 Å². The molecule has 0 saturated carbocycles. The summed E-state index contributed by atoms with van der Waals surface area (Å²) in [4.78, 5) is 27.1. The second-order valence-electron chi connectivity index (χ2n) is 7.45. The van der Waals surface area contributed by atoms with Gasteiger partial charge >= 0.3 is 0 Å². The van der Waals surface area contributed by atoms with Crippen molar-refractivity contribution in [1.29, 1.82) is 0 Å². The molecule has 1 aliphatic heterocycles. The van der Waals surface area contributed by atoms with Crippen LogP contribution in [-0.4, -0.2) is 55.4 Å². The molecule has 10 nitrogen and oxygen atoms in total. The maximum Gasteiger partial charge on any atom is 0.281 e. The molecule has 0 amide bonds. The highest BCUT2D eigenvalue weighted by molar-refractivity contribution is 6.35. The first-order valence-corrected chi connectivity index (χ1v) is 10.6. The summed E-state index contributed by atoms with van der Waals surface area (Å²) < 4.78 is 3.31. The Morgan fingerprint density at radius 3 is 3.03 bits per heavy atom. The molecular formula is C20H22ClN9O. The molecule has 1 atom stereocenters. The zero-order chi connectivity index (χ0) is 21.4. The van der Waals surface area contributed by atoms with Crippen LogP contribution in [0.25, 0.3) is 16.6 Å². The standard InChI is InChI=1S/C20H22ClN9O/c1-13(26-17-19-23-8-11-29(19)25-12-24-17)18-27-15-5-2-4-14(21)16(15)20(31)30(18)28-9-3-6-22-7-10-28/h2,4-5,8,11-13,22H,3,6-7,9-10H2,1H3,(H,24,25,26)/t13-/m0/s1. The molecule has 1 aliphatic rings. The Hall–Kier alpha value is -3.24. The summed E-state index contributed by atoms with van der Waals surface area (Å²) >= 11 is 6.39. The van der Waals surface area contributed by atoms with E-state index in [1.54, 1.807) is 33.7 Å². The van der Waals surface area contributed by atoms with Crippen molar-refractivity contribution in [3.8, 4) is 0 Å². The van der Waals surface area contributed by atoms with E-state index in [0.29, 0.717) is 39.8 Å². The van der Waals surface area contributed by atoms with Crippen LogP contribution in [0.15, 0.2) is 41.7 Å². The van der Waals surface area contributed by atoms with Gasteiger partial charge < -0.3 is 15.6 Å². The van der Waals surface area contributed by atoms with Crippen LogP contribution >= 0.6 is 11.6 Å². The second kappa shape index (κ2) is 8.12. The van der Waals surface area contributed by atoms with Crippen LogP contribution in [0.3, 0.4) is 0 Å². The highest BCUT2D eigenvalue weighted by atomic mass is 35.5. The first-order valence-electron chi connectivity index (χ1n) is 10.2. The van der Waals surface area contributed by atoms with Gasteiger partial charge in [-0.1, -0.05) is 17.7 Å². The van der Waals surface area contributed by atoms with Crippen molar-refractivity contribution in [2.24, 2.45) is 0 Å². The molecule has 1 aromatic carbocycles. The number of benzene rings is 1. The summed E-state index contributed by atoms with van der Waals surface area (Å²) in [5.41, 5.74) is 1.000. The molecule has 0 spiro atoms. The molecule has 160 valence electrons. The van der Waals surface area contributed by atoms with Gasteiger partial charge in [0, 0.05) is 32.0 Å². The van der Waals surface area contributed by atoms with E-state index in [2.05, 4.69) is 25.7 Å². The Bertz CT molecular complexity index is 1290. The minimum absolute atomic E-state index is 0.171. The molecular weight excluding hydrogens is 418 g/mol. The lowest BCUT2D eigenvalue weighted by atomic mass is 10.2. The maximum atomic E-state index is 13.6. The van der Waals surface area contributed by atoms with Crippen LogP contribution in [0.5, 0.6) is 0 Å². The van der Waals surface area contributed by atoms with Crippen LogP contribution < -0.4 is 21.2 Å². The third-order valence-electron chi connectivity index (χ3n) is 5.39. The SMILES string of the molecule is C[C@H](Nc1ncnn2ccnc12)c1nc2cccc(Cl)c2c(=O)n1N1CCCNCC1. The number of hydrogen-bond donors (Lipinski definition) is 2. The lowest BCUT2D eigenvalue weighted by Crippen LogP contribution is -2.47. The lowest BCUT2D eigenvalue weighted by molar-refractivity contribution is 0.535.